The minimum absolute atomic E-state index is 0.200. The van der Waals surface area contributed by atoms with Crippen molar-refractivity contribution >= 4 is 23.2 Å². The van der Waals surface area contributed by atoms with E-state index in [1.165, 1.54) is 0 Å². The van der Waals surface area contributed by atoms with Crippen molar-refractivity contribution in [3.63, 3.8) is 0 Å². The van der Waals surface area contributed by atoms with Gasteiger partial charge in [0, 0.05) is 36.4 Å². The predicted octanol–water partition coefficient (Wildman–Crippen LogP) is 3.74. The number of hydrogen-bond donors (Lipinski definition) is 1. The third-order valence-electron chi connectivity index (χ3n) is 6.00. The molecule has 2 aromatic rings. The minimum atomic E-state index is -0.408. The van der Waals surface area contributed by atoms with Crippen LogP contribution in [0.1, 0.15) is 48.9 Å². The van der Waals surface area contributed by atoms with Gasteiger partial charge in [0.25, 0.3) is 0 Å². The van der Waals surface area contributed by atoms with Crippen molar-refractivity contribution in [3.8, 4) is 5.75 Å². The van der Waals surface area contributed by atoms with Crippen LogP contribution in [0, 0.1) is 0 Å². The summed E-state index contributed by atoms with van der Waals surface area (Å²) >= 11 is 0. The second-order valence-corrected chi connectivity index (χ2v) is 8.06. The third-order valence-corrected chi connectivity index (χ3v) is 6.00. The van der Waals surface area contributed by atoms with Gasteiger partial charge in [-0.2, -0.15) is 0 Å². The number of primary amides is 1. The first-order valence-corrected chi connectivity index (χ1v) is 10.8. The SMILES string of the molecule is NC(=O)c1cccc(N2CCCCC2COc2ccc(N3CCCCC3=O)cc2)c1. The molecule has 30 heavy (non-hydrogen) atoms. The molecule has 1 unspecified atom stereocenters. The van der Waals surface area contributed by atoms with E-state index in [4.69, 9.17) is 10.5 Å². The molecule has 6 heteroatoms. The molecule has 0 radical (unpaired) electrons. The van der Waals surface area contributed by atoms with Crippen LogP contribution in [0.25, 0.3) is 0 Å². The molecule has 2 aliphatic heterocycles. The van der Waals surface area contributed by atoms with Crippen molar-refractivity contribution in [2.24, 2.45) is 5.73 Å². The first kappa shape index (κ1) is 20.3. The number of nitrogens with two attached hydrogens (primary N) is 1. The molecule has 2 fully saturated rings. The van der Waals surface area contributed by atoms with Gasteiger partial charge in [0.2, 0.25) is 11.8 Å². The van der Waals surface area contributed by atoms with E-state index in [9.17, 15) is 9.59 Å². The van der Waals surface area contributed by atoms with Gasteiger partial charge in [-0.1, -0.05) is 6.07 Å². The molecule has 4 rings (SSSR count). The molecule has 2 amide bonds. The number of carbonyl (C=O) groups is 2. The quantitative estimate of drug-likeness (QED) is 0.791. The molecule has 2 heterocycles. The zero-order valence-corrected chi connectivity index (χ0v) is 17.3. The van der Waals surface area contributed by atoms with Crippen LogP contribution in [0.2, 0.25) is 0 Å². The lowest BCUT2D eigenvalue weighted by molar-refractivity contribution is -0.119. The number of anilines is 2. The van der Waals surface area contributed by atoms with Crippen molar-refractivity contribution in [1.29, 1.82) is 0 Å². The first-order valence-electron chi connectivity index (χ1n) is 10.8. The van der Waals surface area contributed by atoms with Crippen LogP contribution in [-0.2, 0) is 4.79 Å². The molecule has 0 spiro atoms. The fraction of sp³-hybridized carbons (Fsp3) is 0.417. The van der Waals surface area contributed by atoms with Crippen LogP contribution < -0.4 is 20.3 Å². The lowest BCUT2D eigenvalue weighted by atomic mass is 10.0. The highest BCUT2D eigenvalue weighted by atomic mass is 16.5. The van der Waals surface area contributed by atoms with E-state index >= 15 is 0 Å². The van der Waals surface area contributed by atoms with Crippen LogP contribution >= 0.6 is 0 Å². The monoisotopic (exact) mass is 407 g/mol. The van der Waals surface area contributed by atoms with Gasteiger partial charge in [-0.25, -0.2) is 0 Å². The topological polar surface area (TPSA) is 75.9 Å². The van der Waals surface area contributed by atoms with Gasteiger partial charge in [0.05, 0.1) is 6.04 Å². The van der Waals surface area contributed by atoms with Gasteiger partial charge in [-0.05, 0) is 74.6 Å². The van der Waals surface area contributed by atoms with Gasteiger partial charge in [0.1, 0.15) is 12.4 Å². The maximum atomic E-state index is 12.1. The molecule has 0 aliphatic carbocycles. The Hall–Kier alpha value is -3.02. The van der Waals surface area contributed by atoms with E-state index in [-0.39, 0.29) is 11.9 Å². The van der Waals surface area contributed by atoms with Crippen molar-refractivity contribution in [2.45, 2.75) is 44.6 Å². The Morgan fingerprint density at radius 3 is 2.57 bits per heavy atom. The van der Waals surface area contributed by atoms with Crippen molar-refractivity contribution in [3.05, 3.63) is 54.1 Å². The van der Waals surface area contributed by atoms with Crippen LogP contribution in [0.3, 0.4) is 0 Å². The Kier molecular flexibility index (Phi) is 6.21. The van der Waals surface area contributed by atoms with Crippen LogP contribution in [0.15, 0.2) is 48.5 Å². The third kappa shape index (κ3) is 4.58. The highest BCUT2D eigenvalue weighted by Gasteiger charge is 2.24. The van der Waals surface area contributed by atoms with Crippen LogP contribution in [-0.4, -0.2) is 37.6 Å². The molecule has 2 aromatic carbocycles. The Labute approximate surface area is 177 Å². The second-order valence-electron chi connectivity index (χ2n) is 8.06. The summed E-state index contributed by atoms with van der Waals surface area (Å²) in [4.78, 5) is 27.8. The fourth-order valence-corrected chi connectivity index (χ4v) is 4.35. The summed E-state index contributed by atoms with van der Waals surface area (Å²) in [6.45, 7) is 2.30. The van der Waals surface area contributed by atoms with Gasteiger partial charge < -0.3 is 20.3 Å². The lowest BCUT2D eigenvalue weighted by Crippen LogP contribution is -2.43. The van der Waals surface area contributed by atoms with E-state index in [0.717, 1.165) is 62.3 Å². The Morgan fingerprint density at radius 1 is 1.00 bits per heavy atom. The molecule has 6 nitrogen and oxygen atoms in total. The summed E-state index contributed by atoms with van der Waals surface area (Å²) in [5, 5.41) is 0. The molecular formula is C24H29N3O3. The lowest BCUT2D eigenvalue weighted by Gasteiger charge is -2.37. The number of rotatable bonds is 6. The molecule has 2 saturated heterocycles. The molecule has 0 bridgehead atoms. The smallest absolute Gasteiger partial charge is 0.248 e. The summed E-state index contributed by atoms with van der Waals surface area (Å²) in [5.41, 5.74) is 7.93. The molecule has 158 valence electrons. The molecule has 0 aromatic heterocycles. The van der Waals surface area contributed by atoms with Crippen molar-refractivity contribution < 1.29 is 14.3 Å². The molecule has 2 N–H and O–H groups in total. The summed E-state index contributed by atoms with van der Waals surface area (Å²) < 4.78 is 6.11. The zero-order chi connectivity index (χ0) is 20.9. The molecular weight excluding hydrogens is 378 g/mol. The Morgan fingerprint density at radius 2 is 1.80 bits per heavy atom. The molecule has 1 atom stereocenters. The number of piperidine rings is 2. The van der Waals surface area contributed by atoms with Crippen LogP contribution in [0.4, 0.5) is 11.4 Å². The summed E-state index contributed by atoms with van der Waals surface area (Å²) in [5.74, 6) is 0.597. The number of nitrogens with zero attached hydrogens (tertiary/aromatic N) is 2. The number of ether oxygens (including phenoxy) is 1. The number of benzene rings is 2. The van der Waals surface area contributed by atoms with Crippen LogP contribution in [0.5, 0.6) is 5.75 Å². The maximum Gasteiger partial charge on any atom is 0.248 e. The van der Waals surface area contributed by atoms with E-state index in [0.29, 0.717) is 18.6 Å². The number of amides is 2. The van der Waals surface area contributed by atoms with Crippen molar-refractivity contribution in [1.82, 2.24) is 0 Å². The van der Waals surface area contributed by atoms with E-state index in [1.54, 1.807) is 6.07 Å². The van der Waals surface area contributed by atoms with Gasteiger partial charge in [0.15, 0.2) is 0 Å². The Bertz CT molecular complexity index is 897. The van der Waals surface area contributed by atoms with E-state index in [1.807, 2.05) is 47.4 Å². The molecule has 2 aliphatic rings. The summed E-state index contributed by atoms with van der Waals surface area (Å²) in [7, 11) is 0. The van der Waals surface area contributed by atoms with Gasteiger partial charge in [-0.3, -0.25) is 9.59 Å². The molecule has 0 saturated carbocycles. The van der Waals surface area contributed by atoms with Gasteiger partial charge >= 0.3 is 0 Å². The first-order chi connectivity index (χ1) is 14.6. The second kappa shape index (κ2) is 9.20. The fourth-order valence-electron chi connectivity index (χ4n) is 4.35. The standard InChI is InChI=1S/C24H29N3O3/c25-24(29)18-6-5-8-20(16-18)26-14-3-1-7-21(26)17-30-22-12-10-19(11-13-22)27-15-4-2-9-23(27)28/h5-6,8,10-13,16,21H,1-4,7,9,14-15,17H2,(H2,25,29). The zero-order valence-electron chi connectivity index (χ0n) is 17.3. The average Bonchev–Trinajstić information content (AvgIpc) is 2.79. The maximum absolute atomic E-state index is 12.1. The largest absolute Gasteiger partial charge is 0.491 e. The van der Waals surface area contributed by atoms with Gasteiger partial charge in [-0.15, -0.1) is 0 Å². The summed E-state index contributed by atoms with van der Waals surface area (Å²) in [6, 6.07) is 15.6. The summed E-state index contributed by atoms with van der Waals surface area (Å²) in [6.07, 6.45) is 6.00. The predicted molar refractivity (Wildman–Crippen MR) is 118 cm³/mol. The number of hydrogen-bond acceptors (Lipinski definition) is 4. The highest BCUT2D eigenvalue weighted by Crippen LogP contribution is 2.27. The average molecular weight is 408 g/mol. The van der Waals surface area contributed by atoms with E-state index < -0.39 is 5.91 Å². The van der Waals surface area contributed by atoms with E-state index in [2.05, 4.69) is 4.90 Å². The van der Waals surface area contributed by atoms with Crippen molar-refractivity contribution in [2.75, 3.05) is 29.5 Å². The number of carbonyl (C=O) groups excluding carboxylic acids is 2. The highest BCUT2D eigenvalue weighted by molar-refractivity contribution is 5.94. The normalized spacial score (nSPS) is 19.6. The minimum Gasteiger partial charge on any atom is -0.491 e. The Balaban J connectivity index is 1.41.